The van der Waals surface area contributed by atoms with Gasteiger partial charge in [0.1, 0.15) is 5.92 Å². The van der Waals surface area contributed by atoms with Gasteiger partial charge in [-0.3, -0.25) is 9.59 Å². The van der Waals surface area contributed by atoms with Gasteiger partial charge in [0.15, 0.2) is 0 Å². The van der Waals surface area contributed by atoms with Gasteiger partial charge in [0.2, 0.25) is 5.91 Å². The Hall–Kier alpha value is -1.06. The normalized spacial score (nSPS) is 24.2. The van der Waals surface area contributed by atoms with Gasteiger partial charge in [-0.15, -0.1) is 0 Å². The number of likely N-dealkylation sites (tertiary alicyclic amines) is 1. The van der Waals surface area contributed by atoms with Crippen LogP contribution in [0.15, 0.2) is 0 Å². The fourth-order valence-electron chi connectivity index (χ4n) is 1.48. The minimum absolute atomic E-state index is 0.226. The average molecular weight is 171 g/mol. The lowest BCUT2D eigenvalue weighted by Crippen LogP contribution is -2.43. The van der Waals surface area contributed by atoms with Crippen LogP contribution in [0.4, 0.5) is 0 Å². The maximum Gasteiger partial charge on any atom is 0.316 e. The van der Waals surface area contributed by atoms with Gasteiger partial charge in [-0.1, -0.05) is 0 Å². The highest BCUT2D eigenvalue weighted by Crippen LogP contribution is 2.17. The minimum Gasteiger partial charge on any atom is -0.481 e. The van der Waals surface area contributed by atoms with Crippen molar-refractivity contribution in [2.24, 2.45) is 5.92 Å². The van der Waals surface area contributed by atoms with Crippen LogP contribution in [-0.2, 0) is 9.59 Å². The summed E-state index contributed by atoms with van der Waals surface area (Å²) in [6.07, 6.45) is 1.29. The lowest BCUT2D eigenvalue weighted by Gasteiger charge is -2.29. The van der Waals surface area contributed by atoms with Gasteiger partial charge in [-0.25, -0.2) is 0 Å². The molecule has 0 aromatic carbocycles. The van der Waals surface area contributed by atoms with E-state index in [9.17, 15) is 9.59 Å². The number of carboxylic acid groups (broad SMARTS) is 1. The molecule has 4 nitrogen and oxygen atoms in total. The summed E-state index contributed by atoms with van der Waals surface area (Å²) in [5, 5.41) is 8.67. The summed E-state index contributed by atoms with van der Waals surface area (Å²) >= 11 is 0. The van der Waals surface area contributed by atoms with Crippen molar-refractivity contribution in [1.82, 2.24) is 4.90 Å². The second-order valence-corrected chi connectivity index (χ2v) is 2.95. The number of hydrogen-bond donors (Lipinski definition) is 1. The van der Waals surface area contributed by atoms with Crippen LogP contribution in [0.5, 0.6) is 0 Å². The molecule has 1 aliphatic heterocycles. The van der Waals surface area contributed by atoms with E-state index in [1.54, 1.807) is 4.90 Å². The Morgan fingerprint density at radius 3 is 2.92 bits per heavy atom. The van der Waals surface area contributed by atoms with Crippen molar-refractivity contribution in [3.8, 4) is 0 Å². The van der Waals surface area contributed by atoms with Crippen LogP contribution in [0.2, 0.25) is 0 Å². The van der Waals surface area contributed by atoms with E-state index in [4.69, 9.17) is 5.11 Å². The zero-order valence-electron chi connectivity index (χ0n) is 7.12. The number of aliphatic carboxylic acids is 1. The largest absolute Gasteiger partial charge is 0.481 e. The molecule has 1 heterocycles. The first-order chi connectivity index (χ1) is 5.66. The zero-order chi connectivity index (χ0) is 9.14. The molecule has 1 unspecified atom stereocenters. The van der Waals surface area contributed by atoms with Crippen LogP contribution in [-0.4, -0.2) is 35.0 Å². The quantitative estimate of drug-likeness (QED) is 0.609. The first-order valence-electron chi connectivity index (χ1n) is 4.18. The summed E-state index contributed by atoms with van der Waals surface area (Å²) in [7, 11) is 0. The van der Waals surface area contributed by atoms with Gasteiger partial charge in [-0.2, -0.15) is 0 Å². The van der Waals surface area contributed by atoms with Crippen molar-refractivity contribution >= 4 is 11.9 Å². The predicted octanol–water partition coefficient (Wildman–Crippen LogP) is 0.330. The first kappa shape index (κ1) is 9.03. The molecule has 0 saturated carbocycles. The molecule has 0 aliphatic carbocycles. The van der Waals surface area contributed by atoms with Gasteiger partial charge in [0.25, 0.3) is 0 Å². The molecule has 4 heteroatoms. The molecule has 1 N–H and O–H groups in total. The third-order valence-corrected chi connectivity index (χ3v) is 2.21. The molecule has 0 aromatic heterocycles. The fraction of sp³-hybridized carbons (Fsp3) is 0.750. The first-order valence-corrected chi connectivity index (χ1v) is 4.18. The van der Waals surface area contributed by atoms with E-state index in [2.05, 4.69) is 0 Å². The van der Waals surface area contributed by atoms with E-state index >= 15 is 0 Å². The Bertz CT molecular complexity index is 202. The summed E-state index contributed by atoms with van der Waals surface area (Å²) in [6.45, 7) is 3.18. The Morgan fingerprint density at radius 1 is 1.75 bits per heavy atom. The van der Waals surface area contributed by atoms with E-state index in [1.165, 1.54) is 0 Å². The summed E-state index contributed by atoms with van der Waals surface area (Å²) in [4.78, 5) is 23.5. The molecule has 1 saturated heterocycles. The number of carboxylic acids is 1. The maximum atomic E-state index is 11.3. The number of carbonyl (C=O) groups excluding carboxylic acids is 1. The summed E-state index contributed by atoms with van der Waals surface area (Å²) in [5.41, 5.74) is 0. The number of amides is 1. The van der Waals surface area contributed by atoms with E-state index in [0.717, 1.165) is 6.42 Å². The Morgan fingerprint density at radius 2 is 2.42 bits per heavy atom. The molecule has 0 radical (unpaired) electrons. The lowest BCUT2D eigenvalue weighted by atomic mass is 9.97. The van der Waals surface area contributed by atoms with Crippen molar-refractivity contribution in [2.45, 2.75) is 19.8 Å². The van der Waals surface area contributed by atoms with Crippen LogP contribution < -0.4 is 0 Å². The van der Waals surface area contributed by atoms with E-state index in [0.29, 0.717) is 19.5 Å². The second-order valence-electron chi connectivity index (χ2n) is 2.95. The van der Waals surface area contributed by atoms with Crippen molar-refractivity contribution in [3.63, 3.8) is 0 Å². The number of hydrogen-bond acceptors (Lipinski definition) is 2. The molecule has 0 aromatic rings. The molecule has 1 amide bonds. The smallest absolute Gasteiger partial charge is 0.316 e. The highest BCUT2D eigenvalue weighted by Gasteiger charge is 2.32. The van der Waals surface area contributed by atoms with Gasteiger partial charge >= 0.3 is 5.97 Å². The zero-order valence-corrected chi connectivity index (χ0v) is 7.12. The lowest BCUT2D eigenvalue weighted by molar-refractivity contribution is -0.153. The highest BCUT2D eigenvalue weighted by molar-refractivity contribution is 5.97. The van der Waals surface area contributed by atoms with Crippen LogP contribution in [0, 0.1) is 5.92 Å². The van der Waals surface area contributed by atoms with Crippen molar-refractivity contribution in [2.75, 3.05) is 13.1 Å². The fourth-order valence-corrected chi connectivity index (χ4v) is 1.48. The van der Waals surface area contributed by atoms with Gasteiger partial charge in [-0.05, 0) is 19.8 Å². The van der Waals surface area contributed by atoms with Gasteiger partial charge < -0.3 is 10.0 Å². The monoisotopic (exact) mass is 171 g/mol. The van der Waals surface area contributed by atoms with Crippen molar-refractivity contribution in [3.05, 3.63) is 0 Å². The standard InChI is InChI=1S/C8H13NO3/c1-2-9-5-3-4-6(7(9)10)8(11)12/h6H,2-5H2,1H3,(H,11,12). The molecule has 0 spiro atoms. The molecule has 1 aliphatic rings. The predicted molar refractivity (Wildman–Crippen MR) is 42.6 cm³/mol. The third-order valence-electron chi connectivity index (χ3n) is 2.21. The summed E-state index contributed by atoms with van der Waals surface area (Å²) in [6, 6.07) is 0. The van der Waals surface area contributed by atoms with Gasteiger partial charge in [0, 0.05) is 13.1 Å². The van der Waals surface area contributed by atoms with E-state index in [-0.39, 0.29) is 5.91 Å². The second kappa shape index (κ2) is 3.56. The van der Waals surface area contributed by atoms with Gasteiger partial charge in [0.05, 0.1) is 0 Å². The number of carbonyl (C=O) groups is 2. The SMILES string of the molecule is CCN1CCCC(C(=O)O)C1=O. The molecule has 12 heavy (non-hydrogen) atoms. The topological polar surface area (TPSA) is 57.6 Å². The van der Waals surface area contributed by atoms with Crippen LogP contribution in [0.1, 0.15) is 19.8 Å². The van der Waals surface area contributed by atoms with Crippen molar-refractivity contribution < 1.29 is 14.7 Å². The molecular formula is C8H13NO3. The molecule has 0 bridgehead atoms. The molecule has 1 atom stereocenters. The highest BCUT2D eigenvalue weighted by atomic mass is 16.4. The van der Waals surface area contributed by atoms with E-state index in [1.807, 2.05) is 6.92 Å². The Balaban J connectivity index is 2.66. The number of piperidine rings is 1. The van der Waals surface area contributed by atoms with E-state index < -0.39 is 11.9 Å². The number of rotatable bonds is 2. The van der Waals surface area contributed by atoms with Crippen LogP contribution in [0.3, 0.4) is 0 Å². The summed E-state index contributed by atoms with van der Waals surface area (Å²) < 4.78 is 0. The Kier molecular flexibility index (Phi) is 2.68. The average Bonchev–Trinajstić information content (AvgIpc) is 2.04. The third kappa shape index (κ3) is 1.57. The summed E-state index contributed by atoms with van der Waals surface area (Å²) in [5.74, 6) is -2.01. The maximum absolute atomic E-state index is 11.3. The Labute approximate surface area is 71.2 Å². The van der Waals surface area contributed by atoms with Crippen LogP contribution >= 0.6 is 0 Å². The van der Waals surface area contributed by atoms with Crippen molar-refractivity contribution in [1.29, 1.82) is 0 Å². The minimum atomic E-state index is -0.988. The molecule has 1 rings (SSSR count). The molecule has 1 fully saturated rings. The molecule has 68 valence electrons. The number of nitrogens with zero attached hydrogens (tertiary/aromatic N) is 1. The van der Waals surface area contributed by atoms with Crippen LogP contribution in [0.25, 0.3) is 0 Å². The molecular weight excluding hydrogens is 158 g/mol.